The maximum Gasteiger partial charge on any atom is 0.255 e. The smallest absolute Gasteiger partial charge is 0.255 e. The van der Waals surface area contributed by atoms with Crippen LogP contribution >= 0.6 is 0 Å². The van der Waals surface area contributed by atoms with Gasteiger partial charge in [-0.25, -0.2) is 4.68 Å². The van der Waals surface area contributed by atoms with E-state index in [1.807, 2.05) is 54.7 Å². The second-order valence-electron chi connectivity index (χ2n) is 5.83. The van der Waals surface area contributed by atoms with Crippen molar-refractivity contribution in [3.05, 3.63) is 83.7 Å². The molecule has 0 fully saturated rings. The summed E-state index contributed by atoms with van der Waals surface area (Å²) in [5.74, 6) is -0.0864. The van der Waals surface area contributed by atoms with Crippen LogP contribution in [0.4, 0.5) is 5.69 Å². The van der Waals surface area contributed by atoms with E-state index in [1.54, 1.807) is 10.7 Å². The first-order valence-electron chi connectivity index (χ1n) is 8.07. The molecule has 0 bridgehead atoms. The summed E-state index contributed by atoms with van der Waals surface area (Å²) in [4.78, 5) is 12.1. The van der Waals surface area contributed by atoms with Gasteiger partial charge in [-0.05, 0) is 29.8 Å². The third kappa shape index (κ3) is 3.42. The van der Waals surface area contributed by atoms with E-state index in [-0.39, 0.29) is 12.1 Å². The molecule has 2 aromatic carbocycles. The summed E-state index contributed by atoms with van der Waals surface area (Å²) in [7, 11) is 0. The number of nitrogens with one attached hydrogen (secondary N) is 2. The molecule has 1 aliphatic heterocycles. The molecule has 0 radical (unpaired) electrons. The number of carbonyl (C=O) groups excluding carboxylic acids is 1. The van der Waals surface area contributed by atoms with Crippen LogP contribution in [-0.2, 0) is 6.54 Å². The molecular formula is C19H17N5O. The lowest BCUT2D eigenvalue weighted by Crippen LogP contribution is -2.43. The van der Waals surface area contributed by atoms with Crippen molar-refractivity contribution in [3.8, 4) is 0 Å². The molecule has 0 saturated heterocycles. The van der Waals surface area contributed by atoms with Gasteiger partial charge in [0.1, 0.15) is 11.9 Å². The molecule has 4 rings (SSSR count). The maximum atomic E-state index is 12.1. The van der Waals surface area contributed by atoms with E-state index < -0.39 is 0 Å². The molecule has 0 spiro atoms. The first-order chi connectivity index (χ1) is 12.3. The fourth-order valence-corrected chi connectivity index (χ4v) is 2.76. The second-order valence-corrected chi connectivity index (χ2v) is 5.83. The molecule has 1 atom stereocenters. The van der Waals surface area contributed by atoms with Crippen molar-refractivity contribution in [1.82, 2.24) is 20.3 Å². The van der Waals surface area contributed by atoms with Crippen molar-refractivity contribution in [2.75, 3.05) is 5.32 Å². The van der Waals surface area contributed by atoms with E-state index in [4.69, 9.17) is 0 Å². The van der Waals surface area contributed by atoms with Gasteiger partial charge < -0.3 is 10.6 Å². The van der Waals surface area contributed by atoms with Crippen molar-refractivity contribution in [1.29, 1.82) is 0 Å². The van der Waals surface area contributed by atoms with Crippen LogP contribution in [-0.4, -0.2) is 27.1 Å². The Kier molecular flexibility index (Phi) is 4.00. The highest BCUT2D eigenvalue weighted by Crippen LogP contribution is 2.19. The average Bonchev–Trinajstić information content (AvgIpc) is 3.08. The molecule has 2 heterocycles. The lowest BCUT2D eigenvalue weighted by atomic mass is 10.1. The minimum atomic E-state index is -0.276. The fraction of sp³-hybridized carbons (Fsp3) is 0.105. The monoisotopic (exact) mass is 331 g/mol. The summed E-state index contributed by atoms with van der Waals surface area (Å²) in [6.07, 6.45) is 5.31. The zero-order valence-corrected chi connectivity index (χ0v) is 13.5. The summed E-state index contributed by atoms with van der Waals surface area (Å²) < 4.78 is 1.79. The Morgan fingerprint density at radius 2 is 1.84 bits per heavy atom. The standard InChI is InChI=1S/C19H17N5O/c25-19-16-8-4-5-9-17(16)20-18(21-19)11-10-15-13-24(23-22-15)12-14-6-2-1-3-7-14/h1-11,13,18,20H,12H2,(H,21,25)/b11-10+. The summed E-state index contributed by atoms with van der Waals surface area (Å²) in [6, 6.07) is 17.5. The molecule has 2 N–H and O–H groups in total. The average molecular weight is 331 g/mol. The van der Waals surface area contributed by atoms with Gasteiger partial charge in [0, 0.05) is 5.69 Å². The van der Waals surface area contributed by atoms with Gasteiger partial charge in [-0.1, -0.05) is 47.7 Å². The third-order valence-electron chi connectivity index (χ3n) is 3.97. The number of benzene rings is 2. The van der Waals surface area contributed by atoms with Gasteiger partial charge in [0.25, 0.3) is 5.91 Å². The lowest BCUT2D eigenvalue weighted by molar-refractivity contribution is 0.0943. The Balaban J connectivity index is 1.44. The lowest BCUT2D eigenvalue weighted by Gasteiger charge is -2.25. The van der Waals surface area contributed by atoms with Gasteiger partial charge >= 0.3 is 0 Å². The van der Waals surface area contributed by atoms with Gasteiger partial charge in [0.15, 0.2) is 0 Å². The van der Waals surface area contributed by atoms with Crippen molar-refractivity contribution in [3.63, 3.8) is 0 Å². The molecule has 1 unspecified atom stereocenters. The molecule has 25 heavy (non-hydrogen) atoms. The highest BCUT2D eigenvalue weighted by Gasteiger charge is 2.20. The minimum Gasteiger partial charge on any atom is -0.361 e. The number of hydrogen-bond donors (Lipinski definition) is 2. The Labute approximate surface area is 145 Å². The molecule has 124 valence electrons. The molecule has 1 aliphatic rings. The van der Waals surface area contributed by atoms with Gasteiger partial charge in [0.05, 0.1) is 18.3 Å². The summed E-state index contributed by atoms with van der Waals surface area (Å²) in [6.45, 7) is 0.674. The van der Waals surface area contributed by atoms with E-state index in [0.717, 1.165) is 11.4 Å². The van der Waals surface area contributed by atoms with E-state index in [9.17, 15) is 4.79 Å². The van der Waals surface area contributed by atoms with Gasteiger partial charge in [-0.15, -0.1) is 5.10 Å². The number of rotatable bonds is 4. The topological polar surface area (TPSA) is 71.8 Å². The Hall–Kier alpha value is -3.41. The number of anilines is 1. The Morgan fingerprint density at radius 3 is 2.72 bits per heavy atom. The van der Waals surface area contributed by atoms with Gasteiger partial charge in [-0.3, -0.25) is 4.79 Å². The predicted molar refractivity (Wildman–Crippen MR) is 95.9 cm³/mol. The quantitative estimate of drug-likeness (QED) is 0.770. The van der Waals surface area contributed by atoms with E-state index >= 15 is 0 Å². The molecule has 0 aliphatic carbocycles. The minimum absolute atomic E-state index is 0.0864. The summed E-state index contributed by atoms with van der Waals surface area (Å²) in [5.41, 5.74) is 3.39. The number of amides is 1. The number of para-hydroxylation sites is 1. The number of nitrogens with zero attached hydrogens (tertiary/aromatic N) is 3. The first kappa shape index (κ1) is 15.1. The molecule has 0 saturated carbocycles. The Bertz CT molecular complexity index is 916. The van der Waals surface area contributed by atoms with Gasteiger partial charge in [0.2, 0.25) is 0 Å². The number of carbonyl (C=O) groups is 1. The number of aromatic nitrogens is 3. The van der Waals surface area contributed by atoms with Crippen LogP contribution in [0.25, 0.3) is 6.08 Å². The first-order valence-corrected chi connectivity index (χ1v) is 8.07. The molecule has 1 aromatic heterocycles. The van der Waals surface area contributed by atoms with E-state index in [2.05, 4.69) is 33.1 Å². The Morgan fingerprint density at radius 1 is 1.04 bits per heavy atom. The van der Waals surface area contributed by atoms with Gasteiger partial charge in [-0.2, -0.15) is 0 Å². The largest absolute Gasteiger partial charge is 0.361 e. The second kappa shape index (κ2) is 6.60. The zero-order chi connectivity index (χ0) is 17.1. The maximum absolute atomic E-state index is 12.1. The fourth-order valence-electron chi connectivity index (χ4n) is 2.76. The normalized spacial score (nSPS) is 16.3. The molecular weight excluding hydrogens is 314 g/mol. The molecule has 3 aromatic rings. The highest BCUT2D eigenvalue weighted by molar-refractivity contribution is 6.01. The SMILES string of the molecule is O=C1NC(/C=C/c2cn(Cc3ccccc3)nn2)Nc2ccccc21. The number of hydrogen-bond acceptors (Lipinski definition) is 4. The third-order valence-corrected chi connectivity index (χ3v) is 3.97. The van der Waals surface area contributed by atoms with Crippen LogP contribution in [0.15, 0.2) is 66.9 Å². The van der Waals surface area contributed by atoms with Crippen LogP contribution in [0.5, 0.6) is 0 Å². The summed E-state index contributed by atoms with van der Waals surface area (Å²) in [5, 5.41) is 14.4. The van der Waals surface area contributed by atoms with Crippen LogP contribution in [0, 0.1) is 0 Å². The van der Waals surface area contributed by atoms with Crippen LogP contribution in [0.3, 0.4) is 0 Å². The van der Waals surface area contributed by atoms with Crippen LogP contribution in [0.1, 0.15) is 21.6 Å². The predicted octanol–water partition coefficient (Wildman–Crippen LogP) is 2.52. The van der Waals surface area contributed by atoms with Crippen molar-refractivity contribution in [2.24, 2.45) is 0 Å². The molecule has 1 amide bonds. The van der Waals surface area contributed by atoms with E-state index in [1.165, 1.54) is 5.56 Å². The number of fused-ring (bicyclic) bond motifs is 1. The van der Waals surface area contributed by atoms with Crippen molar-refractivity contribution < 1.29 is 4.79 Å². The van der Waals surface area contributed by atoms with Crippen LogP contribution < -0.4 is 10.6 Å². The highest BCUT2D eigenvalue weighted by atomic mass is 16.2. The molecule has 6 nitrogen and oxygen atoms in total. The summed E-state index contributed by atoms with van der Waals surface area (Å²) >= 11 is 0. The van der Waals surface area contributed by atoms with E-state index in [0.29, 0.717) is 12.1 Å². The van der Waals surface area contributed by atoms with Crippen LogP contribution in [0.2, 0.25) is 0 Å². The van der Waals surface area contributed by atoms with Crippen molar-refractivity contribution >= 4 is 17.7 Å². The van der Waals surface area contributed by atoms with Crippen molar-refractivity contribution in [2.45, 2.75) is 12.7 Å². The zero-order valence-electron chi connectivity index (χ0n) is 13.5. The molecule has 6 heteroatoms.